The first-order chi connectivity index (χ1) is 22.5. The zero-order valence-electron chi connectivity index (χ0n) is 27.5. The van der Waals surface area contributed by atoms with E-state index in [0.717, 1.165) is 0 Å². The Balaban J connectivity index is 1.79. The third-order valence-electron chi connectivity index (χ3n) is 7.29. The molecule has 48 heavy (non-hydrogen) atoms. The van der Waals surface area contributed by atoms with Gasteiger partial charge in [0.05, 0.1) is 34.6 Å². The minimum Gasteiger partial charge on any atom is -0.598 e. The van der Waals surface area contributed by atoms with Gasteiger partial charge in [-0.1, -0.05) is 24.3 Å². The molecule has 0 amide bonds. The summed E-state index contributed by atoms with van der Waals surface area (Å²) in [5.74, 6) is -1.18. The number of nitrogens with zero attached hydrogens (tertiary/aromatic N) is 2. The number of anilines is 3. The van der Waals surface area contributed by atoms with Crippen LogP contribution in [0.5, 0.6) is 0 Å². The molecule has 4 rings (SSSR count). The van der Waals surface area contributed by atoms with E-state index in [9.17, 15) is 24.0 Å². The van der Waals surface area contributed by atoms with Crippen LogP contribution in [0.1, 0.15) is 87.0 Å². The van der Waals surface area contributed by atoms with Crippen LogP contribution in [0.2, 0.25) is 0 Å². The summed E-state index contributed by atoms with van der Waals surface area (Å²) in [7, 11) is 0. The van der Waals surface area contributed by atoms with Gasteiger partial charge in [-0.3, -0.25) is 0 Å². The lowest BCUT2D eigenvalue weighted by Crippen LogP contribution is -2.41. The highest BCUT2D eigenvalue weighted by atomic mass is 32.2. The first kappa shape index (κ1) is 36.7. The number of rotatable bonds is 10. The number of nitrogen functional groups attached to an aromatic ring is 1. The lowest BCUT2D eigenvalue weighted by molar-refractivity contribution is 0.535. The van der Waals surface area contributed by atoms with Crippen molar-refractivity contribution in [1.29, 1.82) is 10.5 Å². The molecule has 4 aromatic carbocycles. The molecule has 4 atom stereocenters. The van der Waals surface area contributed by atoms with Crippen molar-refractivity contribution in [3.05, 3.63) is 124 Å². The summed E-state index contributed by atoms with van der Waals surface area (Å²) in [6.07, 6.45) is 0. The number of halogens is 2. The number of hydrogen-bond donors (Lipinski definition) is 4. The van der Waals surface area contributed by atoms with E-state index in [0.29, 0.717) is 33.5 Å². The van der Waals surface area contributed by atoms with Gasteiger partial charge in [0.25, 0.3) is 0 Å². The molecule has 12 heteroatoms. The van der Waals surface area contributed by atoms with Crippen LogP contribution >= 0.6 is 0 Å². The predicted octanol–water partition coefficient (Wildman–Crippen LogP) is 7.32. The minimum atomic E-state index is -1.58. The third kappa shape index (κ3) is 9.05. The van der Waals surface area contributed by atoms with Gasteiger partial charge in [0.1, 0.15) is 33.2 Å². The molecule has 0 bridgehead atoms. The number of nitriles is 2. The molecule has 4 aromatic rings. The van der Waals surface area contributed by atoms with Gasteiger partial charge in [0, 0.05) is 28.4 Å². The van der Waals surface area contributed by atoms with Crippen molar-refractivity contribution in [2.45, 2.75) is 63.1 Å². The molecular formula is C36H38F2N6O2S2. The molecular weight excluding hydrogens is 651 g/mol. The van der Waals surface area contributed by atoms with Crippen LogP contribution in [0.25, 0.3) is 0 Å². The fourth-order valence-corrected chi connectivity index (χ4v) is 6.36. The van der Waals surface area contributed by atoms with Crippen molar-refractivity contribution in [3.8, 4) is 12.1 Å². The highest BCUT2D eigenvalue weighted by Crippen LogP contribution is 2.34. The first-order valence-electron chi connectivity index (χ1n) is 15.0. The van der Waals surface area contributed by atoms with Crippen LogP contribution in [-0.4, -0.2) is 18.6 Å². The van der Waals surface area contributed by atoms with Crippen molar-refractivity contribution >= 4 is 39.8 Å². The molecule has 0 unspecified atom stereocenters. The van der Waals surface area contributed by atoms with Gasteiger partial charge in [0.15, 0.2) is 0 Å². The molecule has 0 saturated carbocycles. The van der Waals surface area contributed by atoms with Crippen molar-refractivity contribution in [2.24, 2.45) is 0 Å². The van der Waals surface area contributed by atoms with Crippen molar-refractivity contribution < 1.29 is 17.9 Å². The lowest BCUT2D eigenvalue weighted by atomic mass is 9.96. The topological polar surface area (TPSA) is 156 Å². The Hall–Kier alpha value is -4.14. The number of nitrogens with one attached hydrogen (secondary N) is 3. The molecule has 0 heterocycles. The van der Waals surface area contributed by atoms with Gasteiger partial charge in [0.2, 0.25) is 0 Å². The molecule has 0 aromatic heterocycles. The minimum absolute atomic E-state index is 0.0760. The Bertz CT molecular complexity index is 1860. The summed E-state index contributed by atoms with van der Waals surface area (Å²) in [4.78, 5) is 0. The maximum Gasteiger partial charge on any atom is 0.146 e. The number of nitrogens with two attached hydrogens (primary N) is 1. The van der Waals surface area contributed by atoms with Gasteiger partial charge in [-0.2, -0.15) is 10.5 Å². The second-order valence-electron chi connectivity index (χ2n) is 13.2. The monoisotopic (exact) mass is 688 g/mol. The molecule has 5 N–H and O–H groups in total. The second-order valence-corrected chi connectivity index (χ2v) is 17.2. The van der Waals surface area contributed by atoms with Crippen LogP contribution in [0.15, 0.2) is 78.9 Å². The smallest absolute Gasteiger partial charge is 0.146 e. The van der Waals surface area contributed by atoms with Crippen molar-refractivity contribution in [2.75, 3.05) is 11.1 Å². The summed E-state index contributed by atoms with van der Waals surface area (Å²) < 4.78 is 61.0. The van der Waals surface area contributed by atoms with Crippen LogP contribution in [0.4, 0.5) is 25.8 Å². The Labute approximate surface area is 287 Å². The largest absolute Gasteiger partial charge is 0.598 e. The summed E-state index contributed by atoms with van der Waals surface area (Å²) in [6, 6.07) is 23.2. The van der Waals surface area contributed by atoms with Crippen molar-refractivity contribution in [1.82, 2.24) is 9.44 Å². The molecule has 0 radical (unpaired) electrons. The zero-order chi connectivity index (χ0) is 35.4. The first-order valence-corrected chi connectivity index (χ1v) is 17.3. The van der Waals surface area contributed by atoms with Gasteiger partial charge < -0.3 is 20.2 Å². The predicted molar refractivity (Wildman–Crippen MR) is 189 cm³/mol. The zero-order valence-corrected chi connectivity index (χ0v) is 29.2. The van der Waals surface area contributed by atoms with Gasteiger partial charge in [-0.25, -0.2) is 8.78 Å². The van der Waals surface area contributed by atoms with Gasteiger partial charge in [-0.05, 0) is 118 Å². The van der Waals surface area contributed by atoms with Crippen LogP contribution in [-0.2, 0) is 22.7 Å². The standard InChI is InChI=1S/C36H38F2N6O2S2/c1-35(2,3)47(45)43-33(24-9-7-8-22(14-24)20-39)26-11-13-30(38)32(19-26)42-28-16-23(21-40)15-27(17-28)34(44-48(46)36(4,5)6)25-10-12-29(37)31(41)18-25/h7-19,33-34,42-44H,41H2,1-6H3/t33-,34-,47+,48+/m0/s1. The van der Waals surface area contributed by atoms with E-state index in [1.54, 1.807) is 75.4 Å². The highest BCUT2D eigenvalue weighted by molar-refractivity contribution is 7.91. The van der Waals surface area contributed by atoms with E-state index >= 15 is 4.39 Å². The number of hydrogen-bond acceptors (Lipinski definition) is 8. The molecule has 0 fully saturated rings. The molecule has 0 aliphatic carbocycles. The average molecular weight is 689 g/mol. The third-order valence-corrected chi connectivity index (χ3v) is 10.4. The molecule has 250 valence electrons. The van der Waals surface area contributed by atoms with Crippen LogP contribution in [0.3, 0.4) is 0 Å². The molecule has 0 aliphatic rings. The normalized spacial score (nSPS) is 14.3. The van der Waals surface area contributed by atoms with E-state index in [1.807, 2.05) is 20.8 Å². The summed E-state index contributed by atoms with van der Waals surface area (Å²) in [5.41, 5.74) is 9.14. The Morgan fingerprint density at radius 3 is 1.75 bits per heavy atom. The quantitative estimate of drug-likeness (QED) is 0.0998. The van der Waals surface area contributed by atoms with E-state index < -0.39 is 55.9 Å². The lowest BCUT2D eigenvalue weighted by Gasteiger charge is -2.29. The van der Waals surface area contributed by atoms with E-state index in [2.05, 4.69) is 26.9 Å². The average Bonchev–Trinajstić information content (AvgIpc) is 3.03. The fraction of sp³-hybridized carbons (Fsp3) is 0.278. The number of benzene rings is 4. The van der Waals surface area contributed by atoms with E-state index in [1.165, 1.54) is 24.3 Å². The van der Waals surface area contributed by atoms with Crippen molar-refractivity contribution in [3.63, 3.8) is 0 Å². The Morgan fingerprint density at radius 1 is 0.667 bits per heavy atom. The second kappa shape index (κ2) is 15.0. The van der Waals surface area contributed by atoms with Gasteiger partial charge >= 0.3 is 0 Å². The molecule has 8 nitrogen and oxygen atoms in total. The Kier molecular flexibility index (Phi) is 11.4. The summed E-state index contributed by atoms with van der Waals surface area (Å²) >= 11 is -3.10. The SMILES string of the molecule is CC(C)(C)[S@@+]([O-])N[C@H](c1cc(C#N)cc(Nc2cc([C@@H](N[S@+]([O-])C(C)(C)C)c3cccc(C#N)c3)ccc2F)c1)c1ccc(F)c(N)c1. The highest BCUT2D eigenvalue weighted by Gasteiger charge is 2.32. The van der Waals surface area contributed by atoms with Gasteiger partial charge in [-0.15, -0.1) is 9.44 Å². The maximum absolute atomic E-state index is 15.4. The fourth-order valence-electron chi connectivity index (χ4n) is 4.68. The summed E-state index contributed by atoms with van der Waals surface area (Å²) in [5, 5.41) is 22.5. The molecule has 0 saturated heterocycles. The summed E-state index contributed by atoms with van der Waals surface area (Å²) in [6.45, 7) is 10.9. The molecule has 0 aliphatic heterocycles. The van der Waals surface area contributed by atoms with E-state index in [4.69, 9.17) is 5.73 Å². The van der Waals surface area contributed by atoms with Crippen LogP contribution < -0.4 is 20.5 Å². The maximum atomic E-state index is 15.4. The van der Waals surface area contributed by atoms with E-state index in [-0.39, 0.29) is 16.9 Å². The molecule has 0 spiro atoms. The Morgan fingerprint density at radius 2 is 1.19 bits per heavy atom. The van der Waals surface area contributed by atoms with Crippen LogP contribution in [0, 0.1) is 34.3 Å².